The van der Waals surface area contributed by atoms with Crippen molar-refractivity contribution in [2.75, 3.05) is 18.1 Å². The normalized spacial score (nSPS) is 21.1. The van der Waals surface area contributed by atoms with Gasteiger partial charge in [0.05, 0.1) is 0 Å². The molecule has 1 aliphatic rings. The van der Waals surface area contributed by atoms with Gasteiger partial charge in [-0.3, -0.25) is 4.79 Å². The van der Waals surface area contributed by atoms with Gasteiger partial charge in [0.1, 0.15) is 5.69 Å². The number of halogens is 1. The maximum atomic E-state index is 12.4. The molecule has 1 saturated heterocycles. The molecule has 0 unspecified atom stereocenters. The molecule has 1 amide bonds. The molecule has 0 radical (unpaired) electrons. The molecule has 92 valence electrons. The Morgan fingerprint density at radius 3 is 3.18 bits per heavy atom. The van der Waals surface area contributed by atoms with E-state index in [1.165, 1.54) is 0 Å². The van der Waals surface area contributed by atoms with E-state index in [-0.39, 0.29) is 5.91 Å². The number of nitrogens with zero attached hydrogens (tertiary/aromatic N) is 2. The van der Waals surface area contributed by atoms with Crippen molar-refractivity contribution in [3.63, 3.8) is 0 Å². The van der Waals surface area contributed by atoms with Crippen molar-refractivity contribution in [3.8, 4) is 0 Å². The van der Waals surface area contributed by atoms with Crippen LogP contribution in [0.1, 0.15) is 23.8 Å². The summed E-state index contributed by atoms with van der Waals surface area (Å²) >= 11 is 5.30. The van der Waals surface area contributed by atoms with Crippen molar-refractivity contribution < 1.29 is 4.79 Å². The highest BCUT2D eigenvalue weighted by Gasteiger charge is 2.25. The van der Waals surface area contributed by atoms with E-state index in [0.29, 0.717) is 11.7 Å². The van der Waals surface area contributed by atoms with Crippen LogP contribution in [0.5, 0.6) is 0 Å². The quantitative estimate of drug-likeness (QED) is 0.799. The molecule has 3 nitrogen and oxygen atoms in total. The molecule has 1 fully saturated rings. The highest BCUT2D eigenvalue weighted by Crippen LogP contribution is 2.21. The topological polar surface area (TPSA) is 33.2 Å². The van der Waals surface area contributed by atoms with Crippen LogP contribution >= 0.6 is 27.7 Å². The van der Waals surface area contributed by atoms with E-state index in [0.717, 1.165) is 28.9 Å². The largest absolute Gasteiger partial charge is 0.334 e. The van der Waals surface area contributed by atoms with Gasteiger partial charge in [0.2, 0.25) is 0 Å². The van der Waals surface area contributed by atoms with Crippen LogP contribution < -0.4 is 0 Å². The first kappa shape index (κ1) is 12.9. The van der Waals surface area contributed by atoms with Gasteiger partial charge in [0.15, 0.2) is 0 Å². The molecule has 0 aliphatic carbocycles. The summed E-state index contributed by atoms with van der Waals surface area (Å²) in [5.74, 6) is 2.18. The molecular formula is C12H15BrN2OS. The smallest absolute Gasteiger partial charge is 0.273 e. The first-order chi connectivity index (χ1) is 8.20. The van der Waals surface area contributed by atoms with E-state index in [1.54, 1.807) is 6.20 Å². The summed E-state index contributed by atoms with van der Waals surface area (Å²) in [5.41, 5.74) is 0.520. The number of carbonyl (C=O) groups excluding carboxylic acids is 1. The Labute approximate surface area is 114 Å². The van der Waals surface area contributed by atoms with Crippen molar-refractivity contribution in [3.05, 3.63) is 28.5 Å². The van der Waals surface area contributed by atoms with Crippen molar-refractivity contribution in [2.45, 2.75) is 19.4 Å². The summed E-state index contributed by atoms with van der Waals surface area (Å²) in [7, 11) is 0. The summed E-state index contributed by atoms with van der Waals surface area (Å²) < 4.78 is 0.772. The Morgan fingerprint density at radius 2 is 2.41 bits per heavy atom. The first-order valence-corrected chi connectivity index (χ1v) is 7.64. The van der Waals surface area contributed by atoms with Crippen molar-refractivity contribution in [1.82, 2.24) is 9.88 Å². The maximum absolute atomic E-state index is 12.4. The maximum Gasteiger partial charge on any atom is 0.273 e. The summed E-state index contributed by atoms with van der Waals surface area (Å²) in [5, 5.41) is 0. The molecule has 0 bridgehead atoms. The second kappa shape index (κ2) is 5.87. The Hall–Kier alpha value is -0.550. The number of rotatable bonds is 1. The minimum Gasteiger partial charge on any atom is -0.334 e. The van der Waals surface area contributed by atoms with Crippen molar-refractivity contribution in [2.24, 2.45) is 0 Å². The molecule has 1 atom stereocenters. The van der Waals surface area contributed by atoms with Gasteiger partial charge >= 0.3 is 0 Å². The molecule has 0 aromatic carbocycles. The molecule has 1 aromatic rings. The molecule has 0 spiro atoms. The summed E-state index contributed by atoms with van der Waals surface area (Å²) in [6.07, 6.45) is 2.72. The van der Waals surface area contributed by atoms with Crippen LogP contribution in [0.2, 0.25) is 0 Å². The third-order valence-corrected chi connectivity index (χ3v) is 4.55. The van der Waals surface area contributed by atoms with Crippen LogP contribution in [0.3, 0.4) is 0 Å². The minimum absolute atomic E-state index is 0.0347. The molecular weight excluding hydrogens is 300 g/mol. The number of carbonyl (C=O) groups is 1. The second-order valence-corrected chi connectivity index (χ2v) is 6.16. The molecule has 17 heavy (non-hydrogen) atoms. The van der Waals surface area contributed by atoms with Gasteiger partial charge in [-0.25, -0.2) is 4.98 Å². The third-order valence-electron chi connectivity index (χ3n) is 2.91. The standard InChI is InChI=1S/C12H15BrN2OS/c1-9-4-7-17-8-6-15(9)12(16)11-10(13)3-2-5-14-11/h2-3,5,9H,4,6-8H2,1H3/t9-/m0/s1. The van der Waals surface area contributed by atoms with E-state index in [2.05, 4.69) is 27.8 Å². The molecule has 0 N–H and O–H groups in total. The van der Waals surface area contributed by atoms with Gasteiger partial charge in [-0.2, -0.15) is 11.8 Å². The third kappa shape index (κ3) is 3.01. The van der Waals surface area contributed by atoms with Gasteiger partial charge in [-0.15, -0.1) is 0 Å². The van der Waals surface area contributed by atoms with Crippen LogP contribution in [-0.4, -0.2) is 39.9 Å². The monoisotopic (exact) mass is 314 g/mol. The zero-order chi connectivity index (χ0) is 12.3. The van der Waals surface area contributed by atoms with E-state index >= 15 is 0 Å². The average molecular weight is 315 g/mol. The molecule has 0 saturated carbocycles. The highest BCUT2D eigenvalue weighted by atomic mass is 79.9. The fourth-order valence-electron chi connectivity index (χ4n) is 1.88. The molecule has 5 heteroatoms. The summed E-state index contributed by atoms with van der Waals surface area (Å²) in [4.78, 5) is 18.5. The van der Waals surface area contributed by atoms with Gasteiger partial charge in [0.25, 0.3) is 5.91 Å². The molecule has 1 aliphatic heterocycles. The lowest BCUT2D eigenvalue weighted by Gasteiger charge is -2.26. The fourth-order valence-corrected chi connectivity index (χ4v) is 3.34. The second-order valence-electron chi connectivity index (χ2n) is 4.08. The lowest BCUT2D eigenvalue weighted by molar-refractivity contribution is 0.0699. The number of pyridine rings is 1. The Balaban J connectivity index is 2.21. The average Bonchev–Trinajstić information content (AvgIpc) is 2.54. The van der Waals surface area contributed by atoms with E-state index < -0.39 is 0 Å². The lowest BCUT2D eigenvalue weighted by Crippen LogP contribution is -2.39. The number of aromatic nitrogens is 1. The Kier molecular flexibility index (Phi) is 4.45. The van der Waals surface area contributed by atoms with Gasteiger partial charge in [-0.05, 0) is 47.2 Å². The number of hydrogen-bond donors (Lipinski definition) is 0. The minimum atomic E-state index is 0.0347. The van der Waals surface area contributed by atoms with Crippen molar-refractivity contribution in [1.29, 1.82) is 0 Å². The van der Waals surface area contributed by atoms with Gasteiger partial charge in [-0.1, -0.05) is 0 Å². The van der Waals surface area contributed by atoms with Crippen LogP contribution in [0, 0.1) is 0 Å². The number of amides is 1. The highest BCUT2D eigenvalue weighted by molar-refractivity contribution is 9.10. The summed E-state index contributed by atoms with van der Waals surface area (Å²) in [6.45, 7) is 2.92. The van der Waals surface area contributed by atoms with E-state index in [9.17, 15) is 4.79 Å². The molecule has 1 aromatic heterocycles. The fraction of sp³-hybridized carbons (Fsp3) is 0.500. The lowest BCUT2D eigenvalue weighted by atomic mass is 10.2. The van der Waals surface area contributed by atoms with Gasteiger partial charge < -0.3 is 4.90 Å². The predicted molar refractivity (Wildman–Crippen MR) is 74.4 cm³/mol. The predicted octanol–water partition coefficient (Wildman–Crippen LogP) is 2.81. The molecule has 2 rings (SSSR count). The number of thioether (sulfide) groups is 1. The van der Waals surface area contributed by atoms with Crippen LogP contribution in [0.15, 0.2) is 22.8 Å². The molecule has 2 heterocycles. The van der Waals surface area contributed by atoms with E-state index in [4.69, 9.17) is 0 Å². The van der Waals surface area contributed by atoms with Crippen LogP contribution in [0.25, 0.3) is 0 Å². The SMILES string of the molecule is C[C@H]1CCSCCN1C(=O)c1ncccc1Br. The first-order valence-electron chi connectivity index (χ1n) is 5.69. The zero-order valence-electron chi connectivity index (χ0n) is 9.73. The Morgan fingerprint density at radius 1 is 1.59 bits per heavy atom. The van der Waals surface area contributed by atoms with Crippen LogP contribution in [-0.2, 0) is 0 Å². The van der Waals surface area contributed by atoms with Gasteiger partial charge in [0, 0.05) is 29.0 Å². The zero-order valence-corrected chi connectivity index (χ0v) is 12.1. The van der Waals surface area contributed by atoms with Crippen molar-refractivity contribution >= 4 is 33.6 Å². The number of hydrogen-bond acceptors (Lipinski definition) is 3. The van der Waals surface area contributed by atoms with Crippen LogP contribution in [0.4, 0.5) is 0 Å². The Bertz CT molecular complexity index is 413. The summed E-state index contributed by atoms with van der Waals surface area (Å²) in [6, 6.07) is 3.98. The van der Waals surface area contributed by atoms with E-state index in [1.807, 2.05) is 28.8 Å².